The Labute approximate surface area is 205 Å². The highest BCUT2D eigenvalue weighted by Gasteiger charge is 2.00. The van der Waals surface area contributed by atoms with Crippen LogP contribution in [0.1, 0.15) is 42.0 Å². The van der Waals surface area contributed by atoms with E-state index in [0.717, 1.165) is 29.1 Å². The van der Waals surface area contributed by atoms with Gasteiger partial charge in [-0.25, -0.2) is 0 Å². The number of allylic oxidation sites excluding steroid dienone is 1. The molecule has 0 heterocycles. The van der Waals surface area contributed by atoms with Crippen molar-refractivity contribution in [2.45, 2.75) is 26.2 Å². The highest BCUT2D eigenvalue weighted by molar-refractivity contribution is 7.80. The molecule has 1 aliphatic carbocycles. The van der Waals surface area contributed by atoms with Gasteiger partial charge in [-0.3, -0.25) is 0 Å². The number of unbranched alkanes of at least 4 members (excludes halogenated alkanes) is 1. The number of phenolic OH excluding ortho intramolecular Hbond substituents is 1. The summed E-state index contributed by atoms with van der Waals surface area (Å²) in [6.07, 6.45) is 11.6. The van der Waals surface area contributed by atoms with Crippen molar-refractivity contribution in [1.82, 2.24) is 0 Å². The summed E-state index contributed by atoms with van der Waals surface area (Å²) in [5.74, 6) is 2.21. The van der Waals surface area contributed by atoms with Gasteiger partial charge < -0.3 is 9.84 Å². The maximum absolute atomic E-state index is 8.82. The molecule has 4 rings (SSSR count). The number of thiol groups is 1. The zero-order valence-electron chi connectivity index (χ0n) is 19.8. The van der Waals surface area contributed by atoms with Gasteiger partial charge in [0, 0.05) is 0 Å². The number of methoxy groups -OCH3 is 1. The first-order chi connectivity index (χ1) is 16.1. The molecule has 3 heteroatoms. The quantitative estimate of drug-likeness (QED) is 0.375. The molecule has 1 N–H and O–H groups in total. The minimum atomic E-state index is 0.292. The van der Waals surface area contributed by atoms with Crippen LogP contribution in [0.3, 0.4) is 0 Å². The molecule has 1 aliphatic rings. The summed E-state index contributed by atoms with van der Waals surface area (Å²) < 4.78 is 4.98. The monoisotopic (exact) mass is 460 g/mol. The smallest absolute Gasteiger partial charge is 0.118 e. The lowest BCUT2D eigenvalue weighted by Crippen LogP contribution is -1.80. The molecule has 3 aromatic rings. The summed E-state index contributed by atoms with van der Waals surface area (Å²) in [7, 11) is 1.66. The number of aromatic hydroxyl groups is 1. The minimum Gasteiger partial charge on any atom is -0.508 e. The van der Waals surface area contributed by atoms with Gasteiger partial charge in [0.25, 0.3) is 0 Å². The van der Waals surface area contributed by atoms with Crippen molar-refractivity contribution in [3.63, 3.8) is 0 Å². The van der Waals surface area contributed by atoms with E-state index < -0.39 is 0 Å². The molecular weight excluding hydrogens is 424 g/mol. The molecule has 0 radical (unpaired) electrons. The minimum absolute atomic E-state index is 0.292. The zero-order valence-corrected chi connectivity index (χ0v) is 20.7. The van der Waals surface area contributed by atoms with Crippen LogP contribution in [-0.2, 0) is 6.42 Å². The standard InChI is InChI=1S/C9H10O.C9H8.C8H8O.C4H10S/c1-3-8-4-6-9(10-2)7-5-8;1-2-5-9-7-3-6-8(9)4-1;1-2-7-3-5-8(9)6-4-7;1-2-3-4-5/h3-7H,1H2,2H3;1-6H,7H2;2-6,9H,1H2;5H,2-4H2,1H3. The first kappa shape index (κ1) is 27.9. The second-order valence-corrected chi connectivity index (χ2v) is 7.60. The van der Waals surface area contributed by atoms with Crippen molar-refractivity contribution in [3.8, 4) is 11.5 Å². The third-order valence-corrected chi connectivity index (χ3v) is 5.00. The molecule has 0 saturated heterocycles. The Morgan fingerprint density at radius 1 is 0.909 bits per heavy atom. The number of hydrogen-bond donors (Lipinski definition) is 2. The average molecular weight is 461 g/mol. The molecular formula is C30H36O2S. The molecule has 0 aromatic heterocycles. The number of hydrogen-bond acceptors (Lipinski definition) is 3. The molecule has 0 unspecified atom stereocenters. The van der Waals surface area contributed by atoms with Gasteiger partial charge in [0.2, 0.25) is 0 Å². The van der Waals surface area contributed by atoms with Crippen molar-refractivity contribution in [2.75, 3.05) is 12.9 Å². The first-order valence-corrected chi connectivity index (χ1v) is 11.7. The van der Waals surface area contributed by atoms with Crippen molar-refractivity contribution >= 4 is 30.9 Å². The Morgan fingerprint density at radius 2 is 1.48 bits per heavy atom. The molecule has 0 atom stereocenters. The Hall–Kier alpha value is -3.17. The van der Waals surface area contributed by atoms with Gasteiger partial charge in [0.1, 0.15) is 11.5 Å². The molecule has 33 heavy (non-hydrogen) atoms. The van der Waals surface area contributed by atoms with E-state index in [1.807, 2.05) is 36.4 Å². The normalized spacial score (nSPS) is 10.2. The van der Waals surface area contributed by atoms with E-state index in [4.69, 9.17) is 9.84 Å². The topological polar surface area (TPSA) is 29.5 Å². The maximum Gasteiger partial charge on any atom is 0.118 e. The summed E-state index contributed by atoms with van der Waals surface area (Å²) in [6.45, 7) is 9.39. The first-order valence-electron chi connectivity index (χ1n) is 11.1. The van der Waals surface area contributed by atoms with Crippen LogP contribution in [0.25, 0.3) is 18.2 Å². The van der Waals surface area contributed by atoms with Gasteiger partial charge in [-0.2, -0.15) is 12.6 Å². The van der Waals surface area contributed by atoms with Gasteiger partial charge in [0.05, 0.1) is 7.11 Å². The lowest BCUT2D eigenvalue weighted by atomic mass is 10.1. The van der Waals surface area contributed by atoms with Crippen molar-refractivity contribution in [2.24, 2.45) is 0 Å². The van der Waals surface area contributed by atoms with Crippen LogP contribution in [0.2, 0.25) is 0 Å². The molecule has 0 spiro atoms. The number of benzene rings is 3. The number of fused-ring (bicyclic) bond motifs is 1. The SMILES string of the molecule is C1=Cc2ccccc2C1.C=Cc1ccc(O)cc1.C=Cc1ccc(OC)cc1.CCCCS. The summed E-state index contributed by atoms with van der Waals surface area (Å²) in [4.78, 5) is 0. The Balaban J connectivity index is 0.000000226. The van der Waals surface area contributed by atoms with E-state index >= 15 is 0 Å². The molecule has 0 saturated carbocycles. The molecule has 0 amide bonds. The van der Waals surface area contributed by atoms with Gasteiger partial charge in [-0.05, 0) is 65.1 Å². The fraction of sp³-hybridized carbons (Fsp3) is 0.200. The highest BCUT2D eigenvalue weighted by Crippen LogP contribution is 2.17. The second-order valence-electron chi connectivity index (χ2n) is 7.16. The fourth-order valence-electron chi connectivity index (χ4n) is 2.70. The lowest BCUT2D eigenvalue weighted by molar-refractivity contribution is 0.415. The summed E-state index contributed by atoms with van der Waals surface area (Å²) in [5.41, 5.74) is 4.98. The van der Waals surface area contributed by atoms with E-state index in [0.29, 0.717) is 5.75 Å². The highest BCUT2D eigenvalue weighted by atomic mass is 32.1. The molecule has 0 fully saturated rings. The molecule has 0 bridgehead atoms. The summed E-state index contributed by atoms with van der Waals surface area (Å²) in [6, 6.07) is 23.1. The number of rotatable bonds is 5. The molecule has 3 aromatic carbocycles. The van der Waals surface area contributed by atoms with Gasteiger partial charge >= 0.3 is 0 Å². The molecule has 2 nitrogen and oxygen atoms in total. The number of ether oxygens (including phenoxy) is 1. The third kappa shape index (κ3) is 11.9. The van der Waals surface area contributed by atoms with Crippen LogP contribution in [0, 0.1) is 0 Å². The van der Waals surface area contributed by atoms with Crippen LogP contribution in [-0.4, -0.2) is 18.0 Å². The van der Waals surface area contributed by atoms with E-state index in [2.05, 4.69) is 69.1 Å². The van der Waals surface area contributed by atoms with Crippen molar-refractivity contribution in [3.05, 3.63) is 114 Å². The van der Waals surface area contributed by atoms with Crippen LogP contribution in [0.15, 0.2) is 92.0 Å². The Morgan fingerprint density at radius 3 is 1.94 bits per heavy atom. The van der Waals surface area contributed by atoms with E-state index in [9.17, 15) is 0 Å². The average Bonchev–Trinajstić information content (AvgIpc) is 3.35. The van der Waals surface area contributed by atoms with Crippen LogP contribution in [0.4, 0.5) is 0 Å². The van der Waals surface area contributed by atoms with Gasteiger partial charge in [0.15, 0.2) is 0 Å². The van der Waals surface area contributed by atoms with Gasteiger partial charge in [-0.15, -0.1) is 0 Å². The van der Waals surface area contributed by atoms with Crippen LogP contribution >= 0.6 is 12.6 Å². The summed E-state index contributed by atoms with van der Waals surface area (Å²) >= 11 is 4.00. The van der Waals surface area contributed by atoms with E-state index in [-0.39, 0.29) is 0 Å². The predicted molar refractivity (Wildman–Crippen MR) is 149 cm³/mol. The lowest BCUT2D eigenvalue weighted by Gasteiger charge is -1.97. The van der Waals surface area contributed by atoms with Crippen molar-refractivity contribution in [1.29, 1.82) is 0 Å². The Kier molecular flexibility index (Phi) is 14.7. The molecule has 174 valence electrons. The maximum atomic E-state index is 8.82. The third-order valence-electron chi connectivity index (χ3n) is 4.68. The second kappa shape index (κ2) is 17.4. The number of phenols is 1. The fourth-order valence-corrected chi connectivity index (χ4v) is 3.02. The van der Waals surface area contributed by atoms with Gasteiger partial charge in [-0.1, -0.05) is 99.3 Å². The summed E-state index contributed by atoms with van der Waals surface area (Å²) in [5, 5.41) is 8.82. The largest absolute Gasteiger partial charge is 0.508 e. The molecule has 0 aliphatic heterocycles. The van der Waals surface area contributed by atoms with Crippen LogP contribution < -0.4 is 4.74 Å². The predicted octanol–water partition coefficient (Wildman–Crippen LogP) is 8.35. The van der Waals surface area contributed by atoms with Crippen LogP contribution in [0.5, 0.6) is 11.5 Å². The zero-order chi connectivity index (χ0) is 24.3. The van der Waals surface area contributed by atoms with E-state index in [1.165, 1.54) is 24.0 Å². The Bertz CT molecular complexity index is 955. The van der Waals surface area contributed by atoms with E-state index in [1.54, 1.807) is 31.4 Å². The van der Waals surface area contributed by atoms with Crippen molar-refractivity contribution < 1.29 is 9.84 Å².